The van der Waals surface area contributed by atoms with Crippen molar-refractivity contribution in [2.24, 2.45) is 0 Å². The van der Waals surface area contributed by atoms with Crippen LogP contribution in [0.3, 0.4) is 0 Å². The first-order valence-corrected chi connectivity index (χ1v) is 6.88. The Morgan fingerprint density at radius 3 is 2.43 bits per heavy atom. The lowest BCUT2D eigenvalue weighted by Crippen LogP contribution is -2.00. The molecule has 0 aliphatic rings. The number of para-hydroxylation sites is 1. The van der Waals surface area contributed by atoms with Crippen LogP contribution in [0.2, 0.25) is 0 Å². The van der Waals surface area contributed by atoms with E-state index in [9.17, 15) is 0 Å². The van der Waals surface area contributed by atoms with Gasteiger partial charge in [0.1, 0.15) is 0 Å². The molecule has 0 saturated carbocycles. The van der Waals surface area contributed by atoms with E-state index in [4.69, 9.17) is 5.26 Å². The molecule has 0 amide bonds. The van der Waals surface area contributed by atoms with E-state index in [1.165, 1.54) is 0 Å². The largest absolute Gasteiger partial charge is 0.505 e. The highest BCUT2D eigenvalue weighted by molar-refractivity contribution is 5.82. The van der Waals surface area contributed by atoms with Crippen molar-refractivity contribution in [3.8, 4) is 6.07 Å². The predicted octanol–water partition coefficient (Wildman–Crippen LogP) is 5.01. The minimum Gasteiger partial charge on any atom is -0.505 e. The van der Waals surface area contributed by atoms with Gasteiger partial charge in [0.2, 0.25) is 0 Å². The van der Waals surface area contributed by atoms with Crippen LogP contribution in [-0.2, 0) is 4.74 Å². The maximum atomic E-state index is 8.74. The Kier molecular flexibility index (Phi) is 15.5. The summed E-state index contributed by atoms with van der Waals surface area (Å²) in [4.78, 5) is 0. The molecule has 0 spiro atoms. The van der Waals surface area contributed by atoms with Gasteiger partial charge in [-0.05, 0) is 13.0 Å². The fourth-order valence-electron chi connectivity index (χ4n) is 1.28. The Bertz CT molecular complexity index is 470. The Balaban J connectivity index is 0. The van der Waals surface area contributed by atoms with Crippen molar-refractivity contribution in [3.05, 3.63) is 61.4 Å². The number of allylic oxidation sites excluding steroid dienone is 2. The van der Waals surface area contributed by atoms with Gasteiger partial charge < -0.3 is 10.1 Å². The summed E-state index contributed by atoms with van der Waals surface area (Å²) in [5, 5.41) is 11.9. The minimum absolute atomic E-state index is 0.470. The zero-order valence-electron chi connectivity index (χ0n) is 13.5. The number of methoxy groups -OCH3 is 1. The molecule has 0 unspecified atom stereocenters. The third kappa shape index (κ3) is 10.0. The van der Waals surface area contributed by atoms with Crippen LogP contribution in [0.4, 0.5) is 5.69 Å². The summed E-state index contributed by atoms with van der Waals surface area (Å²) in [7, 11) is 1.62. The zero-order chi connectivity index (χ0) is 16.5. The van der Waals surface area contributed by atoms with Crippen molar-refractivity contribution in [2.75, 3.05) is 19.0 Å². The SMILES string of the molecule is C/C=C/OC.C=CCNc1ccccc1C(=C)C#N.CC. The van der Waals surface area contributed by atoms with Crippen LogP contribution < -0.4 is 5.32 Å². The smallest absolute Gasteiger partial charge is 0.0992 e. The average molecular weight is 286 g/mol. The van der Waals surface area contributed by atoms with Crippen molar-refractivity contribution in [1.29, 1.82) is 5.26 Å². The van der Waals surface area contributed by atoms with E-state index in [1.54, 1.807) is 19.4 Å². The molecule has 1 N–H and O–H groups in total. The van der Waals surface area contributed by atoms with Gasteiger partial charge in [-0.15, -0.1) is 6.58 Å². The zero-order valence-corrected chi connectivity index (χ0v) is 13.5. The predicted molar refractivity (Wildman–Crippen MR) is 92.9 cm³/mol. The maximum Gasteiger partial charge on any atom is 0.0992 e. The van der Waals surface area contributed by atoms with Crippen LogP contribution in [0, 0.1) is 11.3 Å². The lowest BCUT2D eigenvalue weighted by Gasteiger charge is -2.08. The molecule has 21 heavy (non-hydrogen) atoms. The third-order valence-corrected chi connectivity index (χ3v) is 2.10. The summed E-state index contributed by atoms with van der Waals surface area (Å²) in [6, 6.07) is 9.63. The molecule has 0 atom stereocenters. The Morgan fingerprint density at radius 1 is 1.38 bits per heavy atom. The molecule has 0 fully saturated rings. The molecule has 0 bridgehead atoms. The van der Waals surface area contributed by atoms with Crippen LogP contribution >= 0.6 is 0 Å². The van der Waals surface area contributed by atoms with Crippen molar-refractivity contribution in [2.45, 2.75) is 20.8 Å². The monoisotopic (exact) mass is 286 g/mol. The molecule has 114 valence electrons. The van der Waals surface area contributed by atoms with Gasteiger partial charge in [0.05, 0.1) is 25.0 Å². The Labute approximate surface area is 129 Å². The standard InChI is InChI=1S/C12H12N2.C4H8O.C2H6/c1-3-8-14-12-7-5-4-6-11(12)10(2)9-13;1-3-4-5-2;1-2/h3-7,14H,1-2,8H2;3-4H,1-2H3;1-2H3/b;4-3+;. The lowest BCUT2D eigenvalue weighted by atomic mass is 10.1. The summed E-state index contributed by atoms with van der Waals surface area (Å²) < 4.78 is 4.51. The number of anilines is 1. The molecule has 0 radical (unpaired) electrons. The summed E-state index contributed by atoms with van der Waals surface area (Å²) in [5.41, 5.74) is 2.23. The van der Waals surface area contributed by atoms with E-state index in [0.717, 1.165) is 11.3 Å². The highest BCUT2D eigenvalue weighted by Gasteiger charge is 2.02. The minimum atomic E-state index is 0.470. The van der Waals surface area contributed by atoms with Gasteiger partial charge in [0.15, 0.2) is 0 Å². The van der Waals surface area contributed by atoms with Gasteiger partial charge in [-0.25, -0.2) is 0 Å². The highest BCUT2D eigenvalue weighted by atomic mass is 16.5. The molecule has 0 saturated heterocycles. The highest BCUT2D eigenvalue weighted by Crippen LogP contribution is 2.21. The molecule has 0 aliphatic carbocycles. The first-order chi connectivity index (χ1) is 10.2. The van der Waals surface area contributed by atoms with Gasteiger partial charge in [-0.3, -0.25) is 0 Å². The summed E-state index contributed by atoms with van der Waals surface area (Å²) in [5.74, 6) is 0. The van der Waals surface area contributed by atoms with Crippen LogP contribution in [0.25, 0.3) is 5.57 Å². The number of rotatable bonds is 5. The van der Waals surface area contributed by atoms with Gasteiger partial charge in [0, 0.05) is 17.8 Å². The fraction of sp³-hybridized carbons (Fsp3) is 0.278. The fourth-order valence-corrected chi connectivity index (χ4v) is 1.28. The second-order valence-electron chi connectivity index (χ2n) is 3.51. The van der Waals surface area contributed by atoms with E-state index >= 15 is 0 Å². The summed E-state index contributed by atoms with van der Waals surface area (Å²) in [6.45, 7) is 13.9. The molecular formula is C18H26N2O. The number of hydrogen-bond acceptors (Lipinski definition) is 3. The number of benzene rings is 1. The molecule has 0 aliphatic heterocycles. The second-order valence-corrected chi connectivity index (χ2v) is 3.51. The number of nitrogens with zero attached hydrogens (tertiary/aromatic N) is 1. The van der Waals surface area contributed by atoms with Crippen molar-refractivity contribution >= 4 is 11.3 Å². The van der Waals surface area contributed by atoms with E-state index in [0.29, 0.717) is 12.1 Å². The van der Waals surface area contributed by atoms with Crippen LogP contribution in [0.1, 0.15) is 26.3 Å². The normalized spacial score (nSPS) is 8.33. The summed E-state index contributed by atoms with van der Waals surface area (Å²) in [6.07, 6.45) is 5.23. The van der Waals surface area contributed by atoms with Gasteiger partial charge in [-0.1, -0.05) is 50.8 Å². The Hall–Kier alpha value is -2.47. The number of hydrogen-bond donors (Lipinski definition) is 1. The Morgan fingerprint density at radius 2 is 2.00 bits per heavy atom. The van der Waals surface area contributed by atoms with Crippen LogP contribution in [-0.4, -0.2) is 13.7 Å². The van der Waals surface area contributed by atoms with Crippen molar-refractivity contribution in [3.63, 3.8) is 0 Å². The molecule has 1 aromatic rings. The first kappa shape index (κ1) is 20.8. The molecule has 3 nitrogen and oxygen atoms in total. The lowest BCUT2D eigenvalue weighted by molar-refractivity contribution is 0.337. The molecule has 3 heteroatoms. The van der Waals surface area contributed by atoms with E-state index in [-0.39, 0.29) is 0 Å². The van der Waals surface area contributed by atoms with E-state index < -0.39 is 0 Å². The quantitative estimate of drug-likeness (QED) is 0.470. The van der Waals surface area contributed by atoms with Gasteiger partial charge in [0.25, 0.3) is 0 Å². The second kappa shape index (κ2) is 15.6. The van der Waals surface area contributed by atoms with Crippen molar-refractivity contribution in [1.82, 2.24) is 0 Å². The van der Waals surface area contributed by atoms with Gasteiger partial charge in [-0.2, -0.15) is 5.26 Å². The van der Waals surface area contributed by atoms with Crippen LogP contribution in [0.5, 0.6) is 0 Å². The molecule has 0 aromatic heterocycles. The maximum absolute atomic E-state index is 8.74. The number of nitriles is 1. The molecule has 1 rings (SSSR count). The number of nitrogens with one attached hydrogen (secondary N) is 1. The molecule has 0 heterocycles. The number of ether oxygens (including phenoxy) is 1. The topological polar surface area (TPSA) is 45.0 Å². The molecular weight excluding hydrogens is 260 g/mol. The summed E-state index contributed by atoms with van der Waals surface area (Å²) >= 11 is 0. The molecule has 1 aromatic carbocycles. The average Bonchev–Trinajstić information content (AvgIpc) is 2.55. The van der Waals surface area contributed by atoms with Crippen LogP contribution in [0.15, 0.2) is 55.8 Å². The third-order valence-electron chi connectivity index (χ3n) is 2.10. The van der Waals surface area contributed by atoms with E-state index in [2.05, 4.69) is 23.2 Å². The van der Waals surface area contributed by atoms with E-state index in [1.807, 2.05) is 57.2 Å². The van der Waals surface area contributed by atoms with Gasteiger partial charge >= 0.3 is 0 Å². The first-order valence-electron chi connectivity index (χ1n) is 6.88. The van der Waals surface area contributed by atoms with Crippen molar-refractivity contribution < 1.29 is 4.74 Å².